The Balaban J connectivity index is 1.51. The normalized spacial score (nSPS) is 10.4. The van der Waals surface area contributed by atoms with Crippen LogP contribution in [0, 0.1) is 11.6 Å². The molecule has 0 aliphatic rings. The molecule has 0 aliphatic heterocycles. The third kappa shape index (κ3) is 4.94. The number of amides is 1. The van der Waals surface area contributed by atoms with Crippen molar-refractivity contribution in [1.29, 1.82) is 0 Å². The molecule has 1 heterocycles. The Morgan fingerprint density at radius 2 is 1.85 bits per heavy atom. The Hall–Kier alpha value is -3.62. The summed E-state index contributed by atoms with van der Waals surface area (Å²) in [6.07, 6.45) is 1.41. The highest BCUT2D eigenvalue weighted by Gasteiger charge is 2.15. The van der Waals surface area contributed by atoms with Crippen molar-refractivity contribution in [2.24, 2.45) is 0 Å². The molecule has 0 radical (unpaired) electrons. The lowest BCUT2D eigenvalue weighted by molar-refractivity contribution is -0.119. The maximum absolute atomic E-state index is 13.1. The number of carbonyl (C=O) groups excluding carboxylic acids is 2. The second kappa shape index (κ2) is 8.17. The number of halogens is 2. The third-order valence-electron chi connectivity index (χ3n) is 3.47. The second-order valence-corrected chi connectivity index (χ2v) is 5.54. The van der Waals surface area contributed by atoms with Gasteiger partial charge in [0.2, 0.25) is 0 Å². The van der Waals surface area contributed by atoms with E-state index in [1.807, 2.05) is 30.3 Å². The topological polar surface area (TPSA) is 86.1 Å². The minimum atomic E-state index is -1.10. The van der Waals surface area contributed by atoms with E-state index in [9.17, 15) is 18.4 Å². The van der Waals surface area contributed by atoms with Crippen molar-refractivity contribution in [2.45, 2.75) is 6.54 Å². The molecule has 0 aliphatic carbocycles. The molecule has 9 heteroatoms. The van der Waals surface area contributed by atoms with Crippen LogP contribution in [0.5, 0.6) is 0 Å². The van der Waals surface area contributed by atoms with E-state index in [0.29, 0.717) is 6.54 Å². The van der Waals surface area contributed by atoms with Gasteiger partial charge in [-0.1, -0.05) is 35.5 Å². The summed E-state index contributed by atoms with van der Waals surface area (Å²) in [6.45, 7) is -0.179. The Labute approximate surface area is 152 Å². The lowest BCUT2D eigenvalue weighted by atomic mass is 10.2. The monoisotopic (exact) mass is 372 g/mol. The number of benzene rings is 2. The highest BCUT2D eigenvalue weighted by atomic mass is 19.2. The standard InChI is InChI=1S/C18H14F2N4O3/c19-14-7-6-13(8-15(14)20)21-17(25)11-27-18(26)16-10-24(23-22-16)9-12-4-2-1-3-5-12/h1-8,10H,9,11H2,(H,21,25). The van der Waals surface area contributed by atoms with Crippen LogP contribution in [-0.2, 0) is 16.1 Å². The van der Waals surface area contributed by atoms with E-state index >= 15 is 0 Å². The zero-order chi connectivity index (χ0) is 19.2. The molecule has 3 aromatic rings. The summed E-state index contributed by atoms with van der Waals surface area (Å²) in [5, 5.41) is 9.84. The number of ether oxygens (including phenoxy) is 1. The van der Waals surface area contributed by atoms with Crippen LogP contribution in [0.25, 0.3) is 0 Å². The molecular formula is C18H14F2N4O3. The van der Waals surface area contributed by atoms with Crippen LogP contribution < -0.4 is 5.32 Å². The number of nitrogens with zero attached hydrogens (tertiary/aromatic N) is 3. The van der Waals surface area contributed by atoms with Crippen molar-refractivity contribution in [3.63, 3.8) is 0 Å². The van der Waals surface area contributed by atoms with E-state index in [-0.39, 0.29) is 11.4 Å². The molecule has 0 atom stereocenters. The Bertz CT molecular complexity index is 960. The van der Waals surface area contributed by atoms with Gasteiger partial charge >= 0.3 is 5.97 Å². The van der Waals surface area contributed by atoms with Gasteiger partial charge in [0.15, 0.2) is 23.9 Å². The Kier molecular flexibility index (Phi) is 5.50. The van der Waals surface area contributed by atoms with E-state index in [1.54, 1.807) is 0 Å². The molecule has 0 saturated heterocycles. The molecule has 0 unspecified atom stereocenters. The molecule has 1 aromatic heterocycles. The van der Waals surface area contributed by atoms with Crippen LogP contribution in [0.3, 0.4) is 0 Å². The Morgan fingerprint density at radius 3 is 2.59 bits per heavy atom. The van der Waals surface area contributed by atoms with E-state index < -0.39 is 30.1 Å². The molecule has 27 heavy (non-hydrogen) atoms. The van der Waals surface area contributed by atoms with Gasteiger partial charge in [0.05, 0.1) is 12.7 Å². The summed E-state index contributed by atoms with van der Waals surface area (Å²) in [5.74, 6) is -3.65. The van der Waals surface area contributed by atoms with Crippen molar-refractivity contribution in [3.05, 3.63) is 77.6 Å². The van der Waals surface area contributed by atoms with Crippen LogP contribution in [0.4, 0.5) is 14.5 Å². The number of anilines is 1. The smallest absolute Gasteiger partial charge is 0.361 e. The molecule has 2 aromatic carbocycles. The van der Waals surface area contributed by atoms with Crippen LogP contribution in [0.15, 0.2) is 54.7 Å². The average molecular weight is 372 g/mol. The van der Waals surface area contributed by atoms with E-state index in [0.717, 1.165) is 17.7 Å². The summed E-state index contributed by atoms with van der Waals surface area (Å²) in [7, 11) is 0. The number of rotatable bonds is 6. The summed E-state index contributed by atoms with van der Waals surface area (Å²) >= 11 is 0. The van der Waals surface area contributed by atoms with Crippen molar-refractivity contribution >= 4 is 17.6 Å². The fourth-order valence-corrected chi connectivity index (χ4v) is 2.22. The summed E-state index contributed by atoms with van der Waals surface area (Å²) in [4.78, 5) is 23.7. The van der Waals surface area contributed by atoms with Crippen molar-refractivity contribution in [2.75, 3.05) is 11.9 Å². The number of carbonyl (C=O) groups is 2. The minimum absolute atomic E-state index is 0.0451. The molecular weight excluding hydrogens is 358 g/mol. The first-order valence-electron chi connectivity index (χ1n) is 7.87. The summed E-state index contributed by atoms with van der Waals surface area (Å²) in [6, 6.07) is 12.4. The number of hydrogen-bond acceptors (Lipinski definition) is 5. The van der Waals surface area contributed by atoms with Gasteiger partial charge in [0.25, 0.3) is 5.91 Å². The molecule has 0 fully saturated rings. The predicted octanol–water partition coefficient (Wildman–Crippen LogP) is 2.40. The first kappa shape index (κ1) is 18.2. The van der Waals surface area contributed by atoms with E-state index in [2.05, 4.69) is 15.6 Å². The SMILES string of the molecule is O=C(COC(=O)c1cn(Cc2ccccc2)nn1)Nc1ccc(F)c(F)c1. The van der Waals surface area contributed by atoms with E-state index in [4.69, 9.17) is 4.74 Å². The predicted molar refractivity (Wildman–Crippen MR) is 90.8 cm³/mol. The number of aromatic nitrogens is 3. The molecule has 0 bridgehead atoms. The minimum Gasteiger partial charge on any atom is -0.451 e. The van der Waals surface area contributed by atoms with Gasteiger partial charge in [-0.15, -0.1) is 5.10 Å². The quantitative estimate of drug-likeness (QED) is 0.672. The molecule has 3 rings (SSSR count). The highest BCUT2D eigenvalue weighted by molar-refractivity contribution is 5.94. The van der Waals surface area contributed by atoms with Crippen LogP contribution in [-0.4, -0.2) is 33.5 Å². The molecule has 7 nitrogen and oxygen atoms in total. The van der Waals surface area contributed by atoms with Gasteiger partial charge < -0.3 is 10.1 Å². The lowest BCUT2D eigenvalue weighted by Gasteiger charge is -2.06. The van der Waals surface area contributed by atoms with Gasteiger partial charge in [-0.3, -0.25) is 4.79 Å². The first-order chi connectivity index (χ1) is 13.0. The van der Waals surface area contributed by atoms with Crippen LogP contribution in [0.2, 0.25) is 0 Å². The van der Waals surface area contributed by atoms with Gasteiger partial charge in [0, 0.05) is 11.8 Å². The van der Waals surface area contributed by atoms with E-state index in [1.165, 1.54) is 16.9 Å². The highest BCUT2D eigenvalue weighted by Crippen LogP contribution is 2.13. The lowest BCUT2D eigenvalue weighted by Crippen LogP contribution is -2.21. The fourth-order valence-electron chi connectivity index (χ4n) is 2.22. The maximum atomic E-state index is 13.1. The zero-order valence-corrected chi connectivity index (χ0v) is 13.9. The average Bonchev–Trinajstić information content (AvgIpc) is 3.12. The number of nitrogens with one attached hydrogen (secondary N) is 1. The molecule has 0 saturated carbocycles. The van der Waals surface area contributed by atoms with Crippen LogP contribution >= 0.6 is 0 Å². The molecule has 138 valence electrons. The zero-order valence-electron chi connectivity index (χ0n) is 13.9. The third-order valence-corrected chi connectivity index (χ3v) is 3.47. The number of hydrogen-bond donors (Lipinski definition) is 1. The van der Waals surface area contributed by atoms with Gasteiger partial charge in [-0.2, -0.15) is 0 Å². The van der Waals surface area contributed by atoms with Crippen molar-refractivity contribution in [3.8, 4) is 0 Å². The van der Waals surface area contributed by atoms with Crippen molar-refractivity contribution in [1.82, 2.24) is 15.0 Å². The first-order valence-corrected chi connectivity index (χ1v) is 7.87. The van der Waals surface area contributed by atoms with Crippen LogP contribution in [0.1, 0.15) is 16.1 Å². The second-order valence-electron chi connectivity index (χ2n) is 5.54. The molecule has 1 N–H and O–H groups in total. The van der Waals surface area contributed by atoms with Crippen molar-refractivity contribution < 1.29 is 23.1 Å². The van der Waals surface area contributed by atoms with Gasteiger partial charge in [-0.25, -0.2) is 18.3 Å². The fraction of sp³-hybridized carbons (Fsp3) is 0.111. The van der Waals surface area contributed by atoms with Gasteiger partial charge in [-0.05, 0) is 17.7 Å². The largest absolute Gasteiger partial charge is 0.451 e. The Morgan fingerprint density at radius 1 is 1.07 bits per heavy atom. The maximum Gasteiger partial charge on any atom is 0.361 e. The van der Waals surface area contributed by atoms with Gasteiger partial charge in [0.1, 0.15) is 0 Å². The summed E-state index contributed by atoms with van der Waals surface area (Å²) in [5.41, 5.74) is 0.975. The number of esters is 1. The summed E-state index contributed by atoms with van der Waals surface area (Å²) < 4.78 is 32.3. The molecule has 0 spiro atoms. The molecule has 1 amide bonds.